The second-order valence-corrected chi connectivity index (χ2v) is 3.84. The molecule has 0 aromatic rings. The number of carbonyl (C=O) groups is 2. The van der Waals surface area contributed by atoms with Crippen molar-refractivity contribution in [2.75, 3.05) is 6.61 Å². The molecule has 4 nitrogen and oxygen atoms in total. The molecule has 13 heavy (non-hydrogen) atoms. The van der Waals surface area contributed by atoms with Crippen LogP contribution in [0.2, 0.25) is 0 Å². The molecule has 0 unspecified atom stereocenters. The number of aliphatic carboxylic acids is 1. The first-order chi connectivity index (χ1) is 5.96. The van der Waals surface area contributed by atoms with E-state index < -0.39 is 11.4 Å². The van der Waals surface area contributed by atoms with Crippen LogP contribution in [0.5, 0.6) is 0 Å². The zero-order valence-corrected chi connectivity index (χ0v) is 7.87. The Bertz CT molecular complexity index is 224. The van der Waals surface area contributed by atoms with Gasteiger partial charge in [-0.2, -0.15) is 0 Å². The summed E-state index contributed by atoms with van der Waals surface area (Å²) in [6.45, 7) is 3.83. The minimum absolute atomic E-state index is 0.00641. The lowest BCUT2D eigenvalue weighted by molar-refractivity contribution is -0.167. The summed E-state index contributed by atoms with van der Waals surface area (Å²) in [4.78, 5) is 21.6. The van der Waals surface area contributed by atoms with E-state index in [1.54, 1.807) is 0 Å². The Morgan fingerprint density at radius 3 is 2.46 bits per heavy atom. The van der Waals surface area contributed by atoms with Gasteiger partial charge >= 0.3 is 5.97 Å². The van der Waals surface area contributed by atoms with E-state index >= 15 is 0 Å². The first-order valence-electron chi connectivity index (χ1n) is 4.33. The van der Waals surface area contributed by atoms with E-state index in [0.29, 0.717) is 0 Å². The summed E-state index contributed by atoms with van der Waals surface area (Å²) in [5, 5.41) is 8.88. The summed E-state index contributed by atoms with van der Waals surface area (Å²) < 4.78 is 5.23. The lowest BCUT2D eigenvalue weighted by Crippen LogP contribution is -2.48. The highest BCUT2D eigenvalue weighted by atomic mass is 16.5. The summed E-state index contributed by atoms with van der Waals surface area (Å²) in [7, 11) is 0. The van der Waals surface area contributed by atoms with Crippen molar-refractivity contribution in [1.29, 1.82) is 0 Å². The van der Waals surface area contributed by atoms with Gasteiger partial charge in [-0.15, -0.1) is 0 Å². The zero-order valence-electron chi connectivity index (χ0n) is 7.87. The van der Waals surface area contributed by atoms with Gasteiger partial charge in [-0.25, -0.2) is 0 Å². The standard InChI is InChI=1S/C9H14O4/c1-6(2)13-5-9(8(11)12)3-7(10)4-9/h6H,3-5H2,1-2H3,(H,11,12). The fraction of sp³-hybridized carbons (Fsp3) is 0.778. The normalized spacial score (nSPS) is 20.1. The molecule has 1 aliphatic carbocycles. The van der Waals surface area contributed by atoms with Gasteiger partial charge in [0.2, 0.25) is 0 Å². The molecular formula is C9H14O4. The Morgan fingerprint density at radius 2 is 2.15 bits per heavy atom. The van der Waals surface area contributed by atoms with E-state index in [-0.39, 0.29) is 31.3 Å². The third-order valence-electron chi connectivity index (χ3n) is 2.22. The maximum absolute atomic E-state index is 10.8. The number of Topliss-reactive ketones (excluding diaryl/α,β-unsaturated/α-hetero) is 1. The Balaban J connectivity index is 2.50. The van der Waals surface area contributed by atoms with Gasteiger partial charge in [0, 0.05) is 12.8 Å². The lowest BCUT2D eigenvalue weighted by Gasteiger charge is -2.36. The van der Waals surface area contributed by atoms with Crippen LogP contribution in [0.15, 0.2) is 0 Å². The van der Waals surface area contributed by atoms with Crippen molar-refractivity contribution >= 4 is 11.8 Å². The molecule has 0 aliphatic heterocycles. The summed E-state index contributed by atoms with van der Waals surface area (Å²) >= 11 is 0. The van der Waals surface area contributed by atoms with E-state index in [9.17, 15) is 9.59 Å². The molecule has 0 radical (unpaired) electrons. The van der Waals surface area contributed by atoms with Gasteiger partial charge in [0.15, 0.2) is 0 Å². The number of ether oxygens (including phenoxy) is 1. The molecule has 1 saturated carbocycles. The number of rotatable bonds is 4. The van der Waals surface area contributed by atoms with Gasteiger partial charge < -0.3 is 9.84 Å². The molecule has 0 bridgehead atoms. The van der Waals surface area contributed by atoms with Gasteiger partial charge in [0.1, 0.15) is 11.2 Å². The van der Waals surface area contributed by atoms with Crippen molar-refractivity contribution < 1.29 is 19.4 Å². The van der Waals surface area contributed by atoms with Crippen LogP contribution in [0.4, 0.5) is 0 Å². The van der Waals surface area contributed by atoms with E-state index in [4.69, 9.17) is 9.84 Å². The predicted molar refractivity (Wildman–Crippen MR) is 45.4 cm³/mol. The second-order valence-electron chi connectivity index (χ2n) is 3.84. The molecule has 0 spiro atoms. The van der Waals surface area contributed by atoms with E-state index in [1.807, 2.05) is 13.8 Å². The number of carboxylic acid groups (broad SMARTS) is 1. The quantitative estimate of drug-likeness (QED) is 0.706. The van der Waals surface area contributed by atoms with Crippen LogP contribution in [-0.4, -0.2) is 29.6 Å². The smallest absolute Gasteiger partial charge is 0.312 e. The van der Waals surface area contributed by atoms with Gasteiger partial charge in [-0.1, -0.05) is 0 Å². The molecule has 0 heterocycles. The monoisotopic (exact) mass is 186 g/mol. The van der Waals surface area contributed by atoms with Crippen molar-refractivity contribution in [2.45, 2.75) is 32.8 Å². The van der Waals surface area contributed by atoms with Crippen molar-refractivity contribution in [3.63, 3.8) is 0 Å². The largest absolute Gasteiger partial charge is 0.481 e. The van der Waals surface area contributed by atoms with Crippen LogP contribution in [0, 0.1) is 5.41 Å². The van der Waals surface area contributed by atoms with Gasteiger partial charge in [-0.3, -0.25) is 9.59 Å². The highest BCUT2D eigenvalue weighted by Crippen LogP contribution is 2.38. The molecule has 1 N–H and O–H groups in total. The number of carboxylic acids is 1. The first-order valence-corrected chi connectivity index (χ1v) is 4.33. The van der Waals surface area contributed by atoms with Crippen LogP contribution >= 0.6 is 0 Å². The minimum atomic E-state index is -0.929. The number of carbonyl (C=O) groups excluding carboxylic acids is 1. The second kappa shape index (κ2) is 3.46. The molecule has 1 fully saturated rings. The highest BCUT2D eigenvalue weighted by molar-refractivity contribution is 5.97. The maximum atomic E-state index is 10.8. The van der Waals surface area contributed by atoms with Crippen LogP contribution in [0.3, 0.4) is 0 Å². The molecule has 0 amide bonds. The summed E-state index contributed by atoms with van der Waals surface area (Å²) in [5.74, 6) is -0.914. The predicted octanol–water partition coefficient (Wildman–Crippen LogP) is 0.845. The molecule has 74 valence electrons. The van der Waals surface area contributed by atoms with Crippen LogP contribution in [0.1, 0.15) is 26.7 Å². The first kappa shape index (κ1) is 10.2. The molecule has 4 heteroatoms. The SMILES string of the molecule is CC(C)OCC1(C(=O)O)CC(=O)C1. The third-order valence-corrected chi connectivity index (χ3v) is 2.22. The fourth-order valence-electron chi connectivity index (χ4n) is 1.34. The Hall–Kier alpha value is -0.900. The van der Waals surface area contributed by atoms with Gasteiger partial charge in [0.05, 0.1) is 12.7 Å². The molecule has 0 aromatic heterocycles. The average Bonchev–Trinajstić information content (AvgIpc) is 1.94. The average molecular weight is 186 g/mol. The zero-order chi connectivity index (χ0) is 10.1. The summed E-state index contributed by atoms with van der Waals surface area (Å²) in [5.41, 5.74) is -0.929. The highest BCUT2D eigenvalue weighted by Gasteiger charge is 2.50. The van der Waals surface area contributed by atoms with Crippen molar-refractivity contribution in [3.05, 3.63) is 0 Å². The number of hydrogen-bond acceptors (Lipinski definition) is 3. The van der Waals surface area contributed by atoms with Crippen LogP contribution < -0.4 is 0 Å². The molecule has 0 aromatic carbocycles. The minimum Gasteiger partial charge on any atom is -0.481 e. The van der Waals surface area contributed by atoms with Crippen molar-refractivity contribution in [3.8, 4) is 0 Å². The van der Waals surface area contributed by atoms with Crippen molar-refractivity contribution in [2.24, 2.45) is 5.41 Å². The third kappa shape index (κ3) is 2.06. The van der Waals surface area contributed by atoms with E-state index in [0.717, 1.165) is 0 Å². The van der Waals surface area contributed by atoms with Crippen molar-refractivity contribution in [1.82, 2.24) is 0 Å². The maximum Gasteiger partial charge on any atom is 0.312 e. The lowest BCUT2D eigenvalue weighted by atomic mass is 9.68. The summed E-state index contributed by atoms with van der Waals surface area (Å²) in [6.07, 6.45) is 0.247. The number of hydrogen-bond donors (Lipinski definition) is 1. The molecule has 1 aliphatic rings. The van der Waals surface area contributed by atoms with Crippen LogP contribution in [0.25, 0.3) is 0 Å². The number of ketones is 1. The molecular weight excluding hydrogens is 172 g/mol. The summed E-state index contributed by atoms with van der Waals surface area (Å²) in [6, 6.07) is 0. The van der Waals surface area contributed by atoms with E-state index in [1.165, 1.54) is 0 Å². The Labute approximate surface area is 76.9 Å². The van der Waals surface area contributed by atoms with E-state index in [2.05, 4.69) is 0 Å². The molecule has 0 saturated heterocycles. The van der Waals surface area contributed by atoms with Crippen LogP contribution in [-0.2, 0) is 14.3 Å². The fourth-order valence-corrected chi connectivity index (χ4v) is 1.34. The molecule has 1 rings (SSSR count). The Morgan fingerprint density at radius 1 is 1.62 bits per heavy atom. The Kier molecular flexibility index (Phi) is 2.71. The van der Waals surface area contributed by atoms with Gasteiger partial charge in [-0.05, 0) is 13.8 Å². The molecule has 0 atom stereocenters. The topological polar surface area (TPSA) is 63.6 Å². The van der Waals surface area contributed by atoms with Gasteiger partial charge in [0.25, 0.3) is 0 Å².